The fraction of sp³-hybridized carbons (Fsp3) is 0.294. The molecule has 4 nitrogen and oxygen atoms in total. The van der Waals surface area contributed by atoms with E-state index in [1.807, 2.05) is 36.5 Å². The second-order valence-electron chi connectivity index (χ2n) is 5.38. The average Bonchev–Trinajstić information content (AvgIpc) is 2.86. The SMILES string of the molecule is CC(C)n1c(CCNc2ccccc2)nc2cccnc21. The highest BCUT2D eigenvalue weighted by atomic mass is 15.1. The van der Waals surface area contributed by atoms with Crippen molar-refractivity contribution in [2.45, 2.75) is 26.3 Å². The third-order valence-electron chi connectivity index (χ3n) is 3.49. The first-order valence-electron chi connectivity index (χ1n) is 7.36. The third-order valence-corrected chi connectivity index (χ3v) is 3.49. The quantitative estimate of drug-likeness (QED) is 0.775. The van der Waals surface area contributed by atoms with Gasteiger partial charge in [0, 0.05) is 30.9 Å². The number of hydrogen-bond donors (Lipinski definition) is 1. The van der Waals surface area contributed by atoms with Crippen LogP contribution in [-0.4, -0.2) is 21.1 Å². The van der Waals surface area contributed by atoms with Gasteiger partial charge in [0.25, 0.3) is 0 Å². The highest BCUT2D eigenvalue weighted by Crippen LogP contribution is 2.19. The molecule has 0 aliphatic carbocycles. The van der Waals surface area contributed by atoms with Gasteiger partial charge in [0.15, 0.2) is 5.65 Å². The zero-order chi connectivity index (χ0) is 14.7. The number of nitrogens with zero attached hydrogens (tertiary/aromatic N) is 3. The van der Waals surface area contributed by atoms with Crippen LogP contribution >= 0.6 is 0 Å². The van der Waals surface area contributed by atoms with Crippen molar-refractivity contribution in [3.8, 4) is 0 Å². The zero-order valence-electron chi connectivity index (χ0n) is 12.5. The van der Waals surface area contributed by atoms with Gasteiger partial charge in [0.2, 0.25) is 0 Å². The van der Waals surface area contributed by atoms with Crippen LogP contribution in [0.5, 0.6) is 0 Å². The first-order valence-corrected chi connectivity index (χ1v) is 7.36. The summed E-state index contributed by atoms with van der Waals surface area (Å²) in [6.45, 7) is 5.20. The van der Waals surface area contributed by atoms with E-state index in [0.29, 0.717) is 6.04 Å². The van der Waals surface area contributed by atoms with E-state index in [0.717, 1.165) is 35.6 Å². The van der Waals surface area contributed by atoms with Gasteiger partial charge in [-0.3, -0.25) is 0 Å². The van der Waals surface area contributed by atoms with E-state index in [1.54, 1.807) is 0 Å². The molecule has 3 rings (SSSR count). The van der Waals surface area contributed by atoms with Crippen molar-refractivity contribution in [2.24, 2.45) is 0 Å². The van der Waals surface area contributed by atoms with Crippen LogP contribution in [0.2, 0.25) is 0 Å². The Morgan fingerprint density at radius 1 is 1.10 bits per heavy atom. The molecule has 0 saturated heterocycles. The number of benzene rings is 1. The molecule has 108 valence electrons. The van der Waals surface area contributed by atoms with Crippen molar-refractivity contribution in [3.05, 3.63) is 54.5 Å². The fourth-order valence-corrected chi connectivity index (χ4v) is 2.57. The minimum Gasteiger partial charge on any atom is -0.385 e. The van der Waals surface area contributed by atoms with Crippen molar-refractivity contribution in [2.75, 3.05) is 11.9 Å². The van der Waals surface area contributed by atoms with Crippen molar-refractivity contribution in [3.63, 3.8) is 0 Å². The fourth-order valence-electron chi connectivity index (χ4n) is 2.57. The molecule has 0 aliphatic rings. The molecule has 1 N–H and O–H groups in total. The van der Waals surface area contributed by atoms with Crippen LogP contribution in [0.25, 0.3) is 11.2 Å². The number of para-hydroxylation sites is 1. The van der Waals surface area contributed by atoms with E-state index in [1.165, 1.54) is 0 Å². The van der Waals surface area contributed by atoms with E-state index < -0.39 is 0 Å². The van der Waals surface area contributed by atoms with Crippen LogP contribution in [0.15, 0.2) is 48.7 Å². The molecule has 0 unspecified atom stereocenters. The molecule has 0 amide bonds. The highest BCUT2D eigenvalue weighted by molar-refractivity contribution is 5.71. The lowest BCUT2D eigenvalue weighted by atomic mass is 10.3. The van der Waals surface area contributed by atoms with Crippen molar-refractivity contribution >= 4 is 16.9 Å². The zero-order valence-corrected chi connectivity index (χ0v) is 12.5. The van der Waals surface area contributed by atoms with E-state index in [4.69, 9.17) is 4.98 Å². The van der Waals surface area contributed by atoms with Crippen LogP contribution < -0.4 is 5.32 Å². The summed E-state index contributed by atoms with van der Waals surface area (Å²) in [5, 5.41) is 3.43. The smallest absolute Gasteiger partial charge is 0.160 e. The normalized spacial score (nSPS) is 11.2. The summed E-state index contributed by atoms with van der Waals surface area (Å²) in [5.74, 6) is 1.09. The van der Waals surface area contributed by atoms with Gasteiger partial charge < -0.3 is 9.88 Å². The summed E-state index contributed by atoms with van der Waals surface area (Å²) in [5.41, 5.74) is 3.09. The Labute approximate surface area is 124 Å². The average molecular weight is 280 g/mol. The maximum Gasteiger partial charge on any atom is 0.160 e. The van der Waals surface area contributed by atoms with Crippen LogP contribution in [0, 0.1) is 0 Å². The van der Waals surface area contributed by atoms with Gasteiger partial charge in [0.1, 0.15) is 11.3 Å². The molecule has 0 saturated carbocycles. The second-order valence-corrected chi connectivity index (χ2v) is 5.38. The van der Waals surface area contributed by atoms with Crippen LogP contribution in [0.1, 0.15) is 25.7 Å². The predicted molar refractivity (Wildman–Crippen MR) is 86.5 cm³/mol. The number of hydrogen-bond acceptors (Lipinski definition) is 3. The molecule has 0 fully saturated rings. The largest absolute Gasteiger partial charge is 0.385 e. The monoisotopic (exact) mass is 280 g/mol. The lowest BCUT2D eigenvalue weighted by Gasteiger charge is -2.12. The third kappa shape index (κ3) is 2.89. The molecular formula is C17H20N4. The summed E-state index contributed by atoms with van der Waals surface area (Å²) < 4.78 is 2.22. The number of nitrogens with one attached hydrogen (secondary N) is 1. The van der Waals surface area contributed by atoms with Crippen LogP contribution in [0.3, 0.4) is 0 Å². The molecule has 2 heterocycles. The molecule has 2 aromatic heterocycles. The predicted octanol–water partition coefficient (Wildman–Crippen LogP) is 3.67. The van der Waals surface area contributed by atoms with Gasteiger partial charge in [-0.1, -0.05) is 18.2 Å². The Morgan fingerprint density at radius 2 is 1.90 bits per heavy atom. The number of anilines is 1. The van der Waals surface area contributed by atoms with Gasteiger partial charge >= 0.3 is 0 Å². The summed E-state index contributed by atoms with van der Waals surface area (Å²) in [6.07, 6.45) is 2.71. The summed E-state index contributed by atoms with van der Waals surface area (Å²) in [6, 6.07) is 14.6. The summed E-state index contributed by atoms with van der Waals surface area (Å²) >= 11 is 0. The van der Waals surface area contributed by atoms with Crippen LogP contribution in [-0.2, 0) is 6.42 Å². The Bertz CT molecular complexity index is 716. The second kappa shape index (κ2) is 5.95. The number of rotatable bonds is 5. The number of fused-ring (bicyclic) bond motifs is 1. The first kappa shape index (κ1) is 13.6. The molecule has 1 aromatic carbocycles. The Hall–Kier alpha value is -2.36. The molecule has 0 spiro atoms. The van der Waals surface area contributed by atoms with Crippen molar-refractivity contribution in [1.29, 1.82) is 0 Å². The summed E-state index contributed by atoms with van der Waals surface area (Å²) in [4.78, 5) is 9.19. The Balaban J connectivity index is 1.79. The molecule has 0 radical (unpaired) electrons. The lowest BCUT2D eigenvalue weighted by Crippen LogP contribution is -2.12. The molecule has 3 aromatic rings. The molecule has 4 heteroatoms. The number of aromatic nitrogens is 3. The maximum absolute atomic E-state index is 4.73. The van der Waals surface area contributed by atoms with E-state index in [-0.39, 0.29) is 0 Å². The lowest BCUT2D eigenvalue weighted by molar-refractivity contribution is 0.581. The van der Waals surface area contributed by atoms with E-state index in [2.05, 4.69) is 40.8 Å². The molecule has 21 heavy (non-hydrogen) atoms. The first-order chi connectivity index (χ1) is 10.3. The van der Waals surface area contributed by atoms with Crippen molar-refractivity contribution in [1.82, 2.24) is 14.5 Å². The van der Waals surface area contributed by atoms with Crippen LogP contribution in [0.4, 0.5) is 5.69 Å². The van der Waals surface area contributed by atoms with Gasteiger partial charge in [-0.25, -0.2) is 9.97 Å². The molecular weight excluding hydrogens is 260 g/mol. The molecule has 0 bridgehead atoms. The van der Waals surface area contributed by atoms with Gasteiger partial charge in [0.05, 0.1) is 0 Å². The van der Waals surface area contributed by atoms with E-state index in [9.17, 15) is 0 Å². The molecule has 0 aliphatic heterocycles. The Morgan fingerprint density at radius 3 is 2.67 bits per heavy atom. The van der Waals surface area contributed by atoms with Gasteiger partial charge in [-0.05, 0) is 38.1 Å². The minimum atomic E-state index is 0.358. The topological polar surface area (TPSA) is 42.7 Å². The maximum atomic E-state index is 4.73. The van der Waals surface area contributed by atoms with Crippen molar-refractivity contribution < 1.29 is 0 Å². The number of imidazole rings is 1. The van der Waals surface area contributed by atoms with Gasteiger partial charge in [-0.15, -0.1) is 0 Å². The number of pyridine rings is 1. The standard InChI is InChI=1S/C17H20N4/c1-13(2)21-16(20-15-9-6-11-19-17(15)21)10-12-18-14-7-4-3-5-8-14/h3-9,11,13,18H,10,12H2,1-2H3. The van der Waals surface area contributed by atoms with Gasteiger partial charge in [-0.2, -0.15) is 0 Å². The molecule has 0 atom stereocenters. The minimum absolute atomic E-state index is 0.358. The van der Waals surface area contributed by atoms with E-state index >= 15 is 0 Å². The summed E-state index contributed by atoms with van der Waals surface area (Å²) in [7, 11) is 0. The highest BCUT2D eigenvalue weighted by Gasteiger charge is 2.13. The Kier molecular flexibility index (Phi) is 3.86.